The summed E-state index contributed by atoms with van der Waals surface area (Å²) in [6, 6.07) is 15.7. The number of halogens is 1. The van der Waals surface area contributed by atoms with Crippen molar-refractivity contribution in [3.8, 4) is 5.75 Å². The summed E-state index contributed by atoms with van der Waals surface area (Å²) in [5.74, 6) is 0.521. The predicted molar refractivity (Wildman–Crippen MR) is 96.5 cm³/mol. The van der Waals surface area contributed by atoms with E-state index in [0.717, 1.165) is 17.0 Å². The Morgan fingerprint density at radius 3 is 2.59 bits per heavy atom. The summed E-state index contributed by atoms with van der Waals surface area (Å²) in [6.07, 6.45) is 2.13. The van der Waals surface area contributed by atoms with Crippen LogP contribution in [0.4, 0.5) is 4.39 Å². The molecule has 2 aromatic carbocycles. The van der Waals surface area contributed by atoms with Crippen LogP contribution in [0, 0.1) is 5.82 Å². The minimum absolute atomic E-state index is 0.0330. The van der Waals surface area contributed by atoms with Crippen molar-refractivity contribution >= 4 is 5.91 Å². The van der Waals surface area contributed by atoms with Gasteiger partial charge < -0.3 is 9.64 Å². The molecule has 27 heavy (non-hydrogen) atoms. The van der Waals surface area contributed by atoms with Gasteiger partial charge in [-0.1, -0.05) is 35.5 Å². The number of benzene rings is 2. The van der Waals surface area contributed by atoms with Crippen molar-refractivity contribution in [3.05, 3.63) is 77.9 Å². The summed E-state index contributed by atoms with van der Waals surface area (Å²) in [6.45, 7) is 1.55. The zero-order chi connectivity index (χ0) is 18.6. The van der Waals surface area contributed by atoms with E-state index in [1.165, 1.54) is 12.1 Å². The van der Waals surface area contributed by atoms with Gasteiger partial charge in [0.25, 0.3) is 0 Å². The average Bonchev–Trinajstić information content (AvgIpc) is 3.10. The highest BCUT2D eigenvalue weighted by molar-refractivity contribution is 5.79. The molecule has 0 spiro atoms. The number of likely N-dealkylation sites (tertiary alicyclic amines) is 1. The number of ether oxygens (including phenoxy) is 1. The van der Waals surface area contributed by atoms with E-state index in [4.69, 9.17) is 4.74 Å². The Balaban J connectivity index is 1.26. The molecule has 1 amide bonds. The maximum absolute atomic E-state index is 12.9. The molecule has 4 rings (SSSR count). The van der Waals surface area contributed by atoms with Crippen molar-refractivity contribution in [2.75, 3.05) is 13.1 Å². The summed E-state index contributed by atoms with van der Waals surface area (Å²) in [7, 11) is 0. The molecule has 1 saturated heterocycles. The van der Waals surface area contributed by atoms with E-state index in [1.807, 2.05) is 36.5 Å². The highest BCUT2D eigenvalue weighted by Crippen LogP contribution is 2.22. The molecule has 6 nitrogen and oxygen atoms in total. The third kappa shape index (κ3) is 4.13. The van der Waals surface area contributed by atoms with E-state index < -0.39 is 0 Å². The number of aromatic nitrogens is 3. The predicted octanol–water partition coefficient (Wildman–Crippen LogP) is 2.62. The first-order chi connectivity index (χ1) is 13.2. The van der Waals surface area contributed by atoms with Crippen molar-refractivity contribution in [2.45, 2.75) is 19.1 Å². The van der Waals surface area contributed by atoms with Crippen LogP contribution in [0.5, 0.6) is 5.75 Å². The molecule has 1 aliphatic heterocycles. The fraction of sp³-hybridized carbons (Fsp3) is 0.250. The lowest BCUT2D eigenvalue weighted by atomic mass is 10.1. The highest BCUT2D eigenvalue weighted by atomic mass is 19.1. The van der Waals surface area contributed by atoms with Crippen LogP contribution in [-0.4, -0.2) is 38.9 Å². The van der Waals surface area contributed by atoms with Crippen molar-refractivity contribution in [1.82, 2.24) is 19.9 Å². The van der Waals surface area contributed by atoms with E-state index in [1.54, 1.807) is 21.7 Å². The van der Waals surface area contributed by atoms with Gasteiger partial charge in [0.1, 0.15) is 23.9 Å². The van der Waals surface area contributed by atoms with Gasteiger partial charge in [0.2, 0.25) is 5.91 Å². The lowest BCUT2D eigenvalue weighted by Gasteiger charge is -2.39. The maximum Gasteiger partial charge on any atom is 0.227 e. The number of carbonyl (C=O) groups is 1. The van der Waals surface area contributed by atoms with Gasteiger partial charge in [0.15, 0.2) is 0 Å². The molecule has 138 valence electrons. The second kappa shape index (κ2) is 7.57. The summed E-state index contributed by atoms with van der Waals surface area (Å²) < 4.78 is 20.4. The quantitative estimate of drug-likeness (QED) is 0.673. The number of amides is 1. The summed E-state index contributed by atoms with van der Waals surface area (Å²) in [4.78, 5) is 14.1. The molecule has 0 atom stereocenters. The first-order valence-electron chi connectivity index (χ1n) is 8.78. The number of hydrogen-bond acceptors (Lipinski definition) is 4. The van der Waals surface area contributed by atoms with E-state index in [0.29, 0.717) is 19.7 Å². The fourth-order valence-corrected chi connectivity index (χ4v) is 2.95. The maximum atomic E-state index is 12.9. The zero-order valence-electron chi connectivity index (χ0n) is 14.7. The molecule has 2 heterocycles. The van der Waals surface area contributed by atoms with E-state index in [-0.39, 0.29) is 24.2 Å². The third-order valence-electron chi connectivity index (χ3n) is 4.55. The number of hydrogen-bond donors (Lipinski definition) is 0. The van der Waals surface area contributed by atoms with Crippen LogP contribution in [0.15, 0.2) is 60.8 Å². The Kier molecular flexibility index (Phi) is 4.82. The molecule has 0 aliphatic carbocycles. The Bertz CT molecular complexity index is 905. The van der Waals surface area contributed by atoms with Gasteiger partial charge in [-0.3, -0.25) is 4.79 Å². The van der Waals surface area contributed by atoms with Crippen LogP contribution >= 0.6 is 0 Å². The van der Waals surface area contributed by atoms with Gasteiger partial charge >= 0.3 is 0 Å². The van der Waals surface area contributed by atoms with Crippen molar-refractivity contribution in [3.63, 3.8) is 0 Å². The molecule has 1 aliphatic rings. The van der Waals surface area contributed by atoms with Gasteiger partial charge in [-0.25, -0.2) is 9.07 Å². The molecule has 1 fully saturated rings. The number of carbonyl (C=O) groups excluding carboxylic acids is 1. The van der Waals surface area contributed by atoms with Crippen molar-refractivity contribution in [1.29, 1.82) is 0 Å². The third-order valence-corrected chi connectivity index (χ3v) is 4.55. The molecule has 0 saturated carbocycles. The number of nitrogens with zero attached hydrogens (tertiary/aromatic N) is 4. The molecular weight excluding hydrogens is 347 g/mol. The first kappa shape index (κ1) is 17.2. The highest BCUT2D eigenvalue weighted by Gasteiger charge is 2.32. The Labute approximate surface area is 156 Å². The molecule has 3 aromatic rings. The van der Waals surface area contributed by atoms with Gasteiger partial charge in [-0.2, -0.15) is 0 Å². The molecule has 0 unspecified atom stereocenters. The minimum Gasteiger partial charge on any atom is -0.487 e. The molecule has 0 radical (unpaired) electrons. The van der Waals surface area contributed by atoms with Gasteiger partial charge in [0.05, 0.1) is 18.7 Å². The van der Waals surface area contributed by atoms with Crippen LogP contribution in [0.3, 0.4) is 0 Å². The summed E-state index contributed by atoms with van der Waals surface area (Å²) in [5.41, 5.74) is 1.56. The number of para-hydroxylation sites is 1. The van der Waals surface area contributed by atoms with Crippen LogP contribution < -0.4 is 4.74 Å². The molecule has 0 N–H and O–H groups in total. The topological polar surface area (TPSA) is 60.2 Å². The Hall–Kier alpha value is -3.22. The number of rotatable bonds is 6. The largest absolute Gasteiger partial charge is 0.487 e. The molecule has 0 bridgehead atoms. The average molecular weight is 366 g/mol. The smallest absolute Gasteiger partial charge is 0.227 e. The second-order valence-electron chi connectivity index (χ2n) is 6.55. The monoisotopic (exact) mass is 366 g/mol. The van der Waals surface area contributed by atoms with E-state index in [9.17, 15) is 9.18 Å². The van der Waals surface area contributed by atoms with Crippen molar-refractivity contribution in [2.24, 2.45) is 0 Å². The first-order valence-corrected chi connectivity index (χ1v) is 8.78. The van der Waals surface area contributed by atoms with Gasteiger partial charge in [-0.15, -0.1) is 5.10 Å². The Morgan fingerprint density at radius 2 is 1.85 bits per heavy atom. The zero-order valence-corrected chi connectivity index (χ0v) is 14.7. The normalized spacial score (nSPS) is 14.0. The Morgan fingerprint density at radius 1 is 1.11 bits per heavy atom. The van der Waals surface area contributed by atoms with E-state index >= 15 is 0 Å². The van der Waals surface area contributed by atoms with Crippen LogP contribution in [0.2, 0.25) is 0 Å². The molecule has 1 aromatic heterocycles. The lowest BCUT2D eigenvalue weighted by Crippen LogP contribution is -2.51. The standard InChI is InChI=1S/C20H19FN4O2/c21-16-8-6-15(7-9-16)10-20(26)24-12-18(13-24)25-11-17(22-23-25)14-27-19-4-2-1-3-5-19/h1-9,11,18H,10,12-14H2. The summed E-state index contributed by atoms with van der Waals surface area (Å²) in [5, 5.41) is 8.27. The van der Waals surface area contributed by atoms with Crippen molar-refractivity contribution < 1.29 is 13.9 Å². The van der Waals surface area contributed by atoms with Gasteiger partial charge in [-0.05, 0) is 29.8 Å². The lowest BCUT2D eigenvalue weighted by molar-refractivity contribution is -0.136. The molecule has 7 heteroatoms. The van der Waals surface area contributed by atoms with Crippen LogP contribution in [0.25, 0.3) is 0 Å². The van der Waals surface area contributed by atoms with Gasteiger partial charge in [0, 0.05) is 13.1 Å². The molecular formula is C20H19FN4O2. The summed E-state index contributed by atoms with van der Waals surface area (Å²) >= 11 is 0. The van der Waals surface area contributed by atoms with Crippen LogP contribution in [0.1, 0.15) is 17.3 Å². The van der Waals surface area contributed by atoms with E-state index in [2.05, 4.69) is 10.3 Å². The second-order valence-corrected chi connectivity index (χ2v) is 6.55. The minimum atomic E-state index is -0.298. The SMILES string of the molecule is O=C(Cc1ccc(F)cc1)N1CC(n2cc(COc3ccccc3)nn2)C1. The van der Waals surface area contributed by atoms with Crippen LogP contribution in [-0.2, 0) is 17.8 Å². The fourth-order valence-electron chi connectivity index (χ4n) is 2.95.